The van der Waals surface area contributed by atoms with Crippen LogP contribution in [0.15, 0.2) is 101 Å². The summed E-state index contributed by atoms with van der Waals surface area (Å²) >= 11 is 0. The van der Waals surface area contributed by atoms with E-state index in [0.717, 1.165) is 23.1 Å². The first-order valence-corrected chi connectivity index (χ1v) is 10.9. The SMILES string of the molecule is O=C(CNC(=O)/C=C/c1ccccc1)N=Nc1c(O)n(CCc2ccccc2)c2ccccc12. The highest BCUT2D eigenvalue weighted by atomic mass is 16.3. The van der Waals surface area contributed by atoms with Gasteiger partial charge in [0.2, 0.25) is 11.8 Å². The molecule has 3 aromatic carbocycles. The lowest BCUT2D eigenvalue weighted by Gasteiger charge is -2.07. The van der Waals surface area contributed by atoms with Crippen molar-refractivity contribution >= 4 is 34.5 Å². The predicted octanol–water partition coefficient (Wildman–Crippen LogP) is 5.03. The monoisotopic (exact) mass is 452 g/mol. The van der Waals surface area contributed by atoms with Crippen LogP contribution in [0.4, 0.5) is 5.69 Å². The smallest absolute Gasteiger partial charge is 0.283 e. The van der Waals surface area contributed by atoms with Crippen LogP contribution in [0, 0.1) is 0 Å². The maximum absolute atomic E-state index is 12.2. The van der Waals surface area contributed by atoms with Crippen molar-refractivity contribution in [1.82, 2.24) is 9.88 Å². The molecule has 4 aromatic rings. The van der Waals surface area contributed by atoms with Crippen LogP contribution in [-0.2, 0) is 22.6 Å². The molecule has 1 aromatic heterocycles. The van der Waals surface area contributed by atoms with Crippen molar-refractivity contribution in [3.05, 3.63) is 102 Å². The van der Waals surface area contributed by atoms with Gasteiger partial charge >= 0.3 is 0 Å². The first-order chi connectivity index (χ1) is 16.6. The van der Waals surface area contributed by atoms with E-state index in [9.17, 15) is 14.7 Å². The molecule has 7 nitrogen and oxygen atoms in total. The molecule has 0 radical (unpaired) electrons. The number of fused-ring (bicyclic) bond motifs is 1. The van der Waals surface area contributed by atoms with Crippen molar-refractivity contribution < 1.29 is 14.7 Å². The minimum Gasteiger partial charge on any atom is -0.493 e. The van der Waals surface area contributed by atoms with E-state index < -0.39 is 11.8 Å². The third kappa shape index (κ3) is 5.63. The molecule has 0 saturated heterocycles. The molecule has 0 aliphatic rings. The van der Waals surface area contributed by atoms with E-state index in [0.29, 0.717) is 11.9 Å². The van der Waals surface area contributed by atoms with Gasteiger partial charge in [-0.05, 0) is 29.7 Å². The fourth-order valence-electron chi connectivity index (χ4n) is 3.58. The molecule has 170 valence electrons. The van der Waals surface area contributed by atoms with Crippen LogP contribution < -0.4 is 5.32 Å². The van der Waals surface area contributed by atoms with Crippen molar-refractivity contribution in [3.8, 4) is 5.88 Å². The minimum atomic E-state index is -0.623. The van der Waals surface area contributed by atoms with E-state index in [2.05, 4.69) is 15.5 Å². The van der Waals surface area contributed by atoms with E-state index in [1.165, 1.54) is 6.08 Å². The van der Waals surface area contributed by atoms with Gasteiger partial charge in [-0.1, -0.05) is 78.9 Å². The van der Waals surface area contributed by atoms with E-state index >= 15 is 0 Å². The quantitative estimate of drug-likeness (QED) is 0.290. The number of azo groups is 1. The average Bonchev–Trinajstić information content (AvgIpc) is 3.15. The Morgan fingerprint density at radius 2 is 1.59 bits per heavy atom. The maximum atomic E-state index is 12.2. The number of rotatable bonds is 8. The van der Waals surface area contributed by atoms with E-state index in [1.54, 1.807) is 10.6 Å². The van der Waals surface area contributed by atoms with Gasteiger partial charge in [0.15, 0.2) is 5.69 Å². The number of aryl methyl sites for hydroxylation is 2. The summed E-state index contributed by atoms with van der Waals surface area (Å²) in [4.78, 5) is 24.1. The second-order valence-corrected chi connectivity index (χ2v) is 7.63. The topological polar surface area (TPSA) is 96.1 Å². The molecule has 34 heavy (non-hydrogen) atoms. The van der Waals surface area contributed by atoms with Gasteiger partial charge in [-0.25, -0.2) is 0 Å². The highest BCUT2D eigenvalue weighted by Gasteiger charge is 2.16. The highest BCUT2D eigenvalue weighted by Crippen LogP contribution is 2.38. The Balaban J connectivity index is 1.42. The average molecular weight is 453 g/mol. The highest BCUT2D eigenvalue weighted by molar-refractivity contribution is 5.96. The summed E-state index contributed by atoms with van der Waals surface area (Å²) in [7, 11) is 0. The Morgan fingerprint density at radius 1 is 0.912 bits per heavy atom. The molecule has 0 atom stereocenters. The summed E-state index contributed by atoms with van der Waals surface area (Å²) in [6, 6.07) is 26.8. The van der Waals surface area contributed by atoms with Crippen LogP contribution in [-0.4, -0.2) is 28.0 Å². The molecule has 2 amide bonds. The molecule has 1 heterocycles. The number of hydrogen-bond acceptors (Lipinski definition) is 4. The zero-order chi connectivity index (χ0) is 23.8. The van der Waals surface area contributed by atoms with Gasteiger partial charge in [0.05, 0.1) is 5.52 Å². The van der Waals surface area contributed by atoms with Gasteiger partial charge in [0.25, 0.3) is 5.91 Å². The summed E-state index contributed by atoms with van der Waals surface area (Å²) < 4.78 is 1.76. The first-order valence-electron chi connectivity index (χ1n) is 10.9. The molecule has 0 fully saturated rings. The third-order valence-electron chi connectivity index (χ3n) is 5.29. The maximum Gasteiger partial charge on any atom is 0.283 e. The lowest BCUT2D eigenvalue weighted by molar-refractivity contribution is -0.122. The molecule has 0 aliphatic heterocycles. The number of nitrogens with zero attached hydrogens (tertiary/aromatic N) is 3. The third-order valence-corrected chi connectivity index (χ3v) is 5.29. The minimum absolute atomic E-state index is 0.0523. The van der Waals surface area contributed by atoms with Crippen LogP contribution in [0.25, 0.3) is 17.0 Å². The first kappa shape index (κ1) is 22.7. The fraction of sp³-hybridized carbons (Fsp3) is 0.111. The Kier molecular flexibility index (Phi) is 7.25. The molecule has 2 N–H and O–H groups in total. The Labute approximate surface area is 197 Å². The van der Waals surface area contributed by atoms with Crippen molar-refractivity contribution in [1.29, 1.82) is 0 Å². The number of benzene rings is 3. The second-order valence-electron chi connectivity index (χ2n) is 7.63. The largest absolute Gasteiger partial charge is 0.493 e. The number of carbonyl (C=O) groups excluding carboxylic acids is 2. The van der Waals surface area contributed by atoms with Gasteiger partial charge in [0.1, 0.15) is 6.54 Å². The number of aromatic hydroxyl groups is 1. The summed E-state index contributed by atoms with van der Waals surface area (Å²) in [5.74, 6) is -1.08. The molecule has 0 unspecified atom stereocenters. The number of hydrogen-bond donors (Lipinski definition) is 2. The van der Waals surface area contributed by atoms with Crippen molar-refractivity contribution in [2.45, 2.75) is 13.0 Å². The summed E-state index contributed by atoms with van der Waals surface area (Å²) in [5.41, 5.74) is 3.06. The Bertz CT molecular complexity index is 1340. The van der Waals surface area contributed by atoms with Crippen molar-refractivity contribution in [2.75, 3.05) is 6.54 Å². The van der Waals surface area contributed by atoms with Gasteiger partial charge in [-0.15, -0.1) is 10.2 Å². The molecule has 0 bridgehead atoms. The van der Waals surface area contributed by atoms with Crippen LogP contribution in [0.5, 0.6) is 5.88 Å². The Morgan fingerprint density at radius 3 is 2.35 bits per heavy atom. The van der Waals surface area contributed by atoms with Crippen molar-refractivity contribution in [3.63, 3.8) is 0 Å². The normalized spacial score (nSPS) is 11.4. The molecule has 7 heteroatoms. The standard InChI is InChI=1S/C27H24N4O3/c32-24(16-15-20-9-3-1-4-10-20)28-19-25(33)29-30-26-22-13-7-8-14-23(22)31(27(26)34)18-17-21-11-5-2-6-12-21/h1-16,34H,17-19H2,(H,28,32)/b16-15+,30-29?. The van der Waals surface area contributed by atoms with Crippen LogP contribution in [0.3, 0.4) is 0 Å². The van der Waals surface area contributed by atoms with Gasteiger partial charge in [-0.2, -0.15) is 0 Å². The number of para-hydroxylation sites is 1. The molecule has 0 saturated carbocycles. The molecule has 4 rings (SSSR count). The lowest BCUT2D eigenvalue weighted by atomic mass is 10.1. The predicted molar refractivity (Wildman–Crippen MR) is 132 cm³/mol. The summed E-state index contributed by atoms with van der Waals surface area (Å²) in [6.07, 6.45) is 3.74. The van der Waals surface area contributed by atoms with E-state index in [4.69, 9.17) is 0 Å². The second kappa shape index (κ2) is 10.9. The fourth-order valence-corrected chi connectivity index (χ4v) is 3.58. The Hall–Kier alpha value is -4.52. The zero-order valence-electron chi connectivity index (χ0n) is 18.5. The van der Waals surface area contributed by atoms with Crippen LogP contribution in [0.2, 0.25) is 0 Å². The van der Waals surface area contributed by atoms with Gasteiger partial charge in [-0.3, -0.25) is 9.59 Å². The van der Waals surface area contributed by atoms with Crippen LogP contribution >= 0.6 is 0 Å². The number of amides is 2. The molecular weight excluding hydrogens is 428 g/mol. The number of carbonyl (C=O) groups is 2. The molecule has 0 spiro atoms. The van der Waals surface area contributed by atoms with E-state index in [-0.39, 0.29) is 18.1 Å². The van der Waals surface area contributed by atoms with Gasteiger partial charge < -0.3 is 15.0 Å². The lowest BCUT2D eigenvalue weighted by Crippen LogP contribution is -2.26. The van der Waals surface area contributed by atoms with Gasteiger partial charge in [0, 0.05) is 18.0 Å². The summed E-state index contributed by atoms with van der Waals surface area (Å²) in [6.45, 7) is 0.249. The number of nitrogens with one attached hydrogen (secondary N) is 1. The van der Waals surface area contributed by atoms with E-state index in [1.807, 2.05) is 84.9 Å². The van der Waals surface area contributed by atoms with Crippen LogP contribution in [0.1, 0.15) is 11.1 Å². The number of aromatic nitrogens is 1. The molecular formula is C27H24N4O3. The van der Waals surface area contributed by atoms with Crippen molar-refractivity contribution in [2.24, 2.45) is 10.2 Å². The summed E-state index contributed by atoms with van der Waals surface area (Å²) in [5, 5.41) is 21.7. The zero-order valence-corrected chi connectivity index (χ0v) is 18.5. The molecule has 0 aliphatic carbocycles.